The first-order valence-electron chi connectivity index (χ1n) is 3.90. The van der Waals surface area contributed by atoms with E-state index >= 15 is 0 Å². The Kier molecular flexibility index (Phi) is 6.55. The van der Waals surface area contributed by atoms with E-state index in [1.807, 2.05) is 6.92 Å². The molecule has 0 saturated carbocycles. The second kappa shape index (κ2) is 6.97. The zero-order valence-corrected chi connectivity index (χ0v) is 7.99. The van der Waals surface area contributed by atoms with Gasteiger partial charge in [0, 0.05) is 19.5 Å². The number of hydrogen-bond donors (Lipinski definition) is 3. The number of nitrogens with one attached hydrogen (secondary N) is 2. The lowest BCUT2D eigenvalue weighted by atomic mass is 10.3. The van der Waals surface area contributed by atoms with Gasteiger partial charge in [0.15, 0.2) is 5.12 Å². The normalized spacial score (nSPS) is 9.17. The maximum atomic E-state index is 10.8. The third kappa shape index (κ3) is 7.40. The van der Waals surface area contributed by atoms with E-state index in [1.165, 1.54) is 0 Å². The highest BCUT2D eigenvalue weighted by molar-refractivity contribution is 7.96. The number of urea groups is 1. The van der Waals surface area contributed by atoms with Crippen molar-refractivity contribution in [2.24, 2.45) is 0 Å². The van der Waals surface area contributed by atoms with E-state index < -0.39 is 0 Å². The van der Waals surface area contributed by atoms with E-state index in [4.69, 9.17) is 0 Å². The van der Waals surface area contributed by atoms with Gasteiger partial charge in [0.1, 0.15) is 0 Å². The Morgan fingerprint density at radius 1 is 1.33 bits per heavy atom. The van der Waals surface area contributed by atoms with Gasteiger partial charge in [-0.25, -0.2) is 4.79 Å². The molecule has 0 saturated heterocycles. The Balaban J connectivity index is 3.19. The molecule has 5 heteroatoms. The van der Waals surface area contributed by atoms with Crippen molar-refractivity contribution in [2.45, 2.75) is 19.8 Å². The van der Waals surface area contributed by atoms with E-state index in [0.717, 1.165) is 0 Å². The molecule has 4 nitrogen and oxygen atoms in total. The maximum Gasteiger partial charge on any atom is 0.314 e. The summed E-state index contributed by atoms with van der Waals surface area (Å²) < 4.78 is 0. The lowest BCUT2D eigenvalue weighted by Gasteiger charge is -2.03. The summed E-state index contributed by atoms with van der Waals surface area (Å²) in [6, 6.07) is -0.191. The molecule has 0 bridgehead atoms. The number of carbonyl (C=O) groups is 2. The van der Waals surface area contributed by atoms with Crippen LogP contribution in [0.2, 0.25) is 0 Å². The lowest BCUT2D eigenvalue weighted by molar-refractivity contribution is -0.110. The summed E-state index contributed by atoms with van der Waals surface area (Å²) in [6.45, 7) is 2.96. The summed E-state index contributed by atoms with van der Waals surface area (Å²) in [6.07, 6.45) is 1.04. The van der Waals surface area contributed by atoms with Crippen molar-refractivity contribution >= 4 is 23.8 Å². The van der Waals surface area contributed by atoms with Crippen LogP contribution in [0.5, 0.6) is 0 Å². The molecule has 2 amide bonds. The SMILES string of the molecule is CCNC(=O)NCCCC(=O)S. The van der Waals surface area contributed by atoms with E-state index in [2.05, 4.69) is 23.3 Å². The van der Waals surface area contributed by atoms with Crippen LogP contribution in [-0.4, -0.2) is 24.2 Å². The smallest absolute Gasteiger partial charge is 0.314 e. The molecule has 0 radical (unpaired) electrons. The molecule has 12 heavy (non-hydrogen) atoms. The molecule has 0 heterocycles. The van der Waals surface area contributed by atoms with Gasteiger partial charge in [-0.1, -0.05) is 0 Å². The summed E-state index contributed by atoms with van der Waals surface area (Å²) in [5.74, 6) is 0. The summed E-state index contributed by atoms with van der Waals surface area (Å²) in [5, 5.41) is 5.04. The highest BCUT2D eigenvalue weighted by Gasteiger charge is 1.97. The summed E-state index contributed by atoms with van der Waals surface area (Å²) >= 11 is 3.60. The lowest BCUT2D eigenvalue weighted by Crippen LogP contribution is -2.35. The Hall–Kier alpha value is -0.710. The van der Waals surface area contributed by atoms with E-state index in [0.29, 0.717) is 25.9 Å². The molecule has 0 aromatic rings. The molecule has 70 valence electrons. The number of rotatable bonds is 5. The summed E-state index contributed by atoms with van der Waals surface area (Å²) in [7, 11) is 0. The van der Waals surface area contributed by atoms with Crippen molar-refractivity contribution in [2.75, 3.05) is 13.1 Å². The molecule has 0 spiro atoms. The molecule has 0 aliphatic heterocycles. The molecule has 0 rings (SSSR count). The number of thiol groups is 1. The topological polar surface area (TPSA) is 58.2 Å². The van der Waals surface area contributed by atoms with Crippen LogP contribution in [0.4, 0.5) is 4.79 Å². The fourth-order valence-electron chi connectivity index (χ4n) is 0.665. The van der Waals surface area contributed by atoms with Crippen LogP contribution in [0.1, 0.15) is 19.8 Å². The zero-order valence-electron chi connectivity index (χ0n) is 7.09. The zero-order chi connectivity index (χ0) is 9.40. The van der Waals surface area contributed by atoms with E-state index in [1.54, 1.807) is 0 Å². The predicted octanol–water partition coefficient (Wildman–Crippen LogP) is 0.542. The largest absolute Gasteiger partial charge is 0.338 e. The summed E-state index contributed by atoms with van der Waals surface area (Å²) in [4.78, 5) is 21.1. The van der Waals surface area contributed by atoms with Crippen LogP contribution in [0.15, 0.2) is 0 Å². The molecule has 0 aliphatic carbocycles. The van der Waals surface area contributed by atoms with Gasteiger partial charge in [0.2, 0.25) is 0 Å². The van der Waals surface area contributed by atoms with Gasteiger partial charge in [-0.2, -0.15) is 0 Å². The van der Waals surface area contributed by atoms with Crippen LogP contribution in [-0.2, 0) is 4.79 Å². The van der Waals surface area contributed by atoms with Crippen LogP contribution in [0, 0.1) is 0 Å². The first kappa shape index (κ1) is 11.3. The number of hydrogen-bond acceptors (Lipinski definition) is 2. The van der Waals surface area contributed by atoms with Gasteiger partial charge in [-0.3, -0.25) is 4.79 Å². The van der Waals surface area contributed by atoms with Crippen LogP contribution >= 0.6 is 12.6 Å². The average Bonchev–Trinajstić information content (AvgIpc) is 1.98. The number of carbonyl (C=O) groups excluding carboxylic acids is 2. The molecule has 0 aromatic carbocycles. The van der Waals surface area contributed by atoms with Crippen molar-refractivity contribution < 1.29 is 9.59 Å². The molecular formula is C7H14N2O2S. The van der Waals surface area contributed by atoms with Crippen molar-refractivity contribution in [3.8, 4) is 0 Å². The third-order valence-electron chi connectivity index (χ3n) is 1.19. The predicted molar refractivity (Wildman–Crippen MR) is 50.3 cm³/mol. The van der Waals surface area contributed by atoms with Gasteiger partial charge in [0.25, 0.3) is 0 Å². The van der Waals surface area contributed by atoms with Gasteiger partial charge in [0.05, 0.1) is 0 Å². The standard InChI is InChI=1S/C7H14N2O2S/c1-2-8-7(11)9-5-3-4-6(10)12/h2-5H2,1H3,(H,10,12)(H2,8,9,11). The quantitative estimate of drug-likeness (QED) is 0.438. The Bertz CT molecular complexity index is 161. The first-order chi connectivity index (χ1) is 5.66. The van der Waals surface area contributed by atoms with Crippen molar-refractivity contribution in [1.29, 1.82) is 0 Å². The van der Waals surface area contributed by atoms with Gasteiger partial charge >= 0.3 is 6.03 Å². The molecular weight excluding hydrogens is 176 g/mol. The second-order valence-corrected chi connectivity index (χ2v) is 2.78. The number of amides is 2. The third-order valence-corrected chi connectivity index (χ3v) is 1.41. The van der Waals surface area contributed by atoms with Crippen molar-refractivity contribution in [1.82, 2.24) is 10.6 Å². The molecule has 0 aromatic heterocycles. The fourth-order valence-corrected chi connectivity index (χ4v) is 0.823. The maximum absolute atomic E-state index is 10.8. The average molecular weight is 190 g/mol. The minimum atomic E-state index is -0.191. The molecule has 0 aliphatic rings. The van der Waals surface area contributed by atoms with Crippen molar-refractivity contribution in [3.63, 3.8) is 0 Å². The Morgan fingerprint density at radius 3 is 2.50 bits per heavy atom. The minimum absolute atomic E-state index is 0.146. The van der Waals surface area contributed by atoms with Gasteiger partial charge in [-0.15, -0.1) is 12.6 Å². The van der Waals surface area contributed by atoms with Gasteiger partial charge < -0.3 is 10.6 Å². The van der Waals surface area contributed by atoms with E-state index in [-0.39, 0.29) is 11.1 Å². The van der Waals surface area contributed by atoms with E-state index in [9.17, 15) is 9.59 Å². The molecule has 0 fully saturated rings. The van der Waals surface area contributed by atoms with Crippen molar-refractivity contribution in [3.05, 3.63) is 0 Å². The molecule has 2 N–H and O–H groups in total. The van der Waals surface area contributed by atoms with Gasteiger partial charge in [-0.05, 0) is 13.3 Å². The first-order valence-corrected chi connectivity index (χ1v) is 4.35. The van der Waals surface area contributed by atoms with Crippen LogP contribution < -0.4 is 10.6 Å². The van der Waals surface area contributed by atoms with Crippen LogP contribution in [0.3, 0.4) is 0 Å². The van der Waals surface area contributed by atoms with Crippen LogP contribution in [0.25, 0.3) is 0 Å². The Morgan fingerprint density at radius 2 is 2.00 bits per heavy atom. The fraction of sp³-hybridized carbons (Fsp3) is 0.714. The second-order valence-electron chi connectivity index (χ2n) is 2.28. The minimum Gasteiger partial charge on any atom is -0.338 e. The Labute approximate surface area is 77.5 Å². The molecule has 0 atom stereocenters. The monoisotopic (exact) mass is 190 g/mol. The highest BCUT2D eigenvalue weighted by Crippen LogP contribution is 1.91. The molecule has 0 unspecified atom stereocenters. The summed E-state index contributed by atoms with van der Waals surface area (Å²) in [5.41, 5.74) is 0. The highest BCUT2D eigenvalue weighted by atomic mass is 32.1.